The van der Waals surface area contributed by atoms with E-state index in [1.807, 2.05) is 0 Å². The van der Waals surface area contributed by atoms with Crippen LogP contribution >= 0.6 is 0 Å². The number of ether oxygens (including phenoxy) is 1. The Kier molecular flexibility index (Phi) is 4.60. The number of hydrogen-bond acceptors (Lipinski definition) is 1. The van der Waals surface area contributed by atoms with E-state index in [-0.39, 0.29) is 6.61 Å². The highest BCUT2D eigenvalue weighted by Crippen LogP contribution is 2.19. The average molecular weight is 247 g/mol. The summed E-state index contributed by atoms with van der Waals surface area (Å²) in [4.78, 5) is 0. The van der Waals surface area contributed by atoms with Crippen LogP contribution in [0.5, 0.6) is 5.75 Å². The lowest BCUT2D eigenvalue weighted by Crippen LogP contribution is -2.35. The zero-order chi connectivity index (χ0) is 12.9. The van der Waals surface area contributed by atoms with Crippen molar-refractivity contribution in [2.45, 2.75) is 12.8 Å². The number of allylic oxidation sites excluding steroid dienone is 1. The van der Waals surface area contributed by atoms with Crippen molar-refractivity contribution < 1.29 is 22.1 Å². The summed E-state index contributed by atoms with van der Waals surface area (Å²) in [6.07, 6.45) is 2.83. The van der Waals surface area contributed by atoms with Crippen LogP contribution in [-0.2, 0) is 0 Å². The van der Waals surface area contributed by atoms with Gasteiger partial charge in [0.1, 0.15) is 5.82 Å². The summed E-state index contributed by atoms with van der Waals surface area (Å²) in [5, 5.41) is 0. The number of rotatable bonds is 6. The van der Waals surface area contributed by atoms with Crippen molar-refractivity contribution >= 4 is 12.4 Å². The summed E-state index contributed by atoms with van der Waals surface area (Å²) in [5.41, 5.74) is -0.898. The molecule has 0 saturated heterocycles. The molecule has 0 fully saturated rings. The van der Waals surface area contributed by atoms with Gasteiger partial charge in [-0.05, 0) is 18.9 Å². The Hall–Kier alpha value is -1.46. The van der Waals surface area contributed by atoms with Crippen molar-refractivity contribution in [3.63, 3.8) is 0 Å². The van der Waals surface area contributed by atoms with Crippen LogP contribution in [0.25, 0.3) is 0 Å². The van der Waals surface area contributed by atoms with Crippen molar-refractivity contribution in [1.82, 2.24) is 0 Å². The van der Waals surface area contributed by atoms with Gasteiger partial charge in [-0.15, -0.1) is 6.58 Å². The van der Waals surface area contributed by atoms with Crippen LogP contribution in [-0.4, -0.2) is 13.6 Å². The van der Waals surface area contributed by atoms with Crippen molar-refractivity contribution in [3.05, 3.63) is 36.7 Å². The summed E-state index contributed by atoms with van der Waals surface area (Å²) < 4.78 is 55.6. The van der Waals surface area contributed by atoms with E-state index < -0.39 is 24.0 Å². The predicted molar refractivity (Wildman–Crippen MR) is 60.0 cm³/mol. The van der Waals surface area contributed by atoms with E-state index in [4.69, 9.17) is 4.74 Å². The van der Waals surface area contributed by atoms with E-state index in [9.17, 15) is 17.3 Å². The largest absolute Gasteiger partial charge is 0.513 e. The van der Waals surface area contributed by atoms with Crippen molar-refractivity contribution in [2.24, 2.45) is 0 Å². The molecule has 94 valence electrons. The maximum Gasteiger partial charge on any atom is 0.513 e. The van der Waals surface area contributed by atoms with Crippen LogP contribution in [0.1, 0.15) is 12.8 Å². The maximum absolute atomic E-state index is 12.9. The standard InChI is InChI=1S/C11H12BF4O/c1-2-3-4-7-17-11-8-9(13)5-6-10(11)12(14,15)16/h2,5-6,8H,1,3-4,7H2/q-1. The lowest BCUT2D eigenvalue weighted by Gasteiger charge is -2.19. The first-order valence-corrected chi connectivity index (χ1v) is 5.18. The van der Waals surface area contributed by atoms with Crippen LogP contribution in [0, 0.1) is 5.82 Å². The number of unbranched alkanes of at least 4 members (excludes halogenated alkanes) is 1. The van der Waals surface area contributed by atoms with Gasteiger partial charge < -0.3 is 17.7 Å². The molecule has 0 N–H and O–H groups in total. The third kappa shape index (κ3) is 4.13. The molecule has 0 spiro atoms. The SMILES string of the molecule is C=CCCCOc1cc(F)ccc1[B-](F)(F)F. The van der Waals surface area contributed by atoms with Crippen molar-refractivity contribution in [3.8, 4) is 5.75 Å². The summed E-state index contributed by atoms with van der Waals surface area (Å²) in [7, 11) is 0. The van der Waals surface area contributed by atoms with Crippen LogP contribution in [0.2, 0.25) is 0 Å². The van der Waals surface area contributed by atoms with Gasteiger partial charge in [0.2, 0.25) is 0 Å². The Labute approximate surface area is 97.1 Å². The predicted octanol–water partition coefficient (Wildman–Crippen LogP) is 3.23. The second-order valence-corrected chi connectivity index (χ2v) is 3.54. The Balaban J connectivity index is 2.81. The Bertz CT molecular complexity index is 390. The highest BCUT2D eigenvalue weighted by Gasteiger charge is 2.29. The first kappa shape index (κ1) is 13.6. The first-order valence-electron chi connectivity index (χ1n) is 5.18. The number of hydrogen-bond donors (Lipinski definition) is 0. The molecule has 0 aliphatic rings. The maximum atomic E-state index is 12.9. The molecule has 1 aromatic rings. The molecule has 0 bridgehead atoms. The summed E-state index contributed by atoms with van der Waals surface area (Å²) in [6.45, 7) is -1.60. The zero-order valence-corrected chi connectivity index (χ0v) is 9.14. The van der Waals surface area contributed by atoms with Crippen LogP contribution < -0.4 is 10.2 Å². The molecule has 0 amide bonds. The molecule has 0 aromatic heterocycles. The normalized spacial score (nSPS) is 11.3. The number of halogens is 4. The van der Waals surface area contributed by atoms with Crippen molar-refractivity contribution in [1.29, 1.82) is 0 Å². The van der Waals surface area contributed by atoms with E-state index in [2.05, 4.69) is 6.58 Å². The van der Waals surface area contributed by atoms with E-state index in [0.717, 1.165) is 12.1 Å². The molecule has 0 atom stereocenters. The van der Waals surface area contributed by atoms with Crippen LogP contribution in [0.3, 0.4) is 0 Å². The smallest absolute Gasteiger partial charge is 0.496 e. The van der Waals surface area contributed by atoms with Gasteiger partial charge in [-0.2, -0.15) is 0 Å². The van der Waals surface area contributed by atoms with Gasteiger partial charge in [-0.3, -0.25) is 0 Å². The first-order chi connectivity index (χ1) is 7.95. The van der Waals surface area contributed by atoms with Gasteiger partial charge in [-0.25, -0.2) is 4.39 Å². The van der Waals surface area contributed by atoms with Gasteiger partial charge in [0.15, 0.2) is 0 Å². The van der Waals surface area contributed by atoms with Crippen LogP contribution in [0.4, 0.5) is 17.3 Å². The Morgan fingerprint density at radius 3 is 2.59 bits per heavy atom. The van der Waals surface area contributed by atoms with E-state index in [1.54, 1.807) is 6.08 Å². The third-order valence-corrected chi connectivity index (χ3v) is 2.14. The second kappa shape index (κ2) is 5.75. The average Bonchev–Trinajstić information content (AvgIpc) is 2.23. The fourth-order valence-corrected chi connectivity index (χ4v) is 1.31. The number of benzene rings is 1. The lowest BCUT2D eigenvalue weighted by atomic mass is 9.79. The molecule has 17 heavy (non-hydrogen) atoms. The minimum Gasteiger partial charge on any atom is -0.496 e. The van der Waals surface area contributed by atoms with Gasteiger partial charge >= 0.3 is 6.98 Å². The molecule has 0 aliphatic heterocycles. The quantitative estimate of drug-likeness (QED) is 0.324. The Morgan fingerprint density at radius 1 is 1.29 bits per heavy atom. The minimum atomic E-state index is -5.19. The molecule has 1 nitrogen and oxygen atoms in total. The van der Waals surface area contributed by atoms with E-state index in [1.165, 1.54) is 0 Å². The molecular weight excluding hydrogens is 235 g/mol. The molecule has 0 aliphatic carbocycles. The molecule has 0 unspecified atom stereocenters. The molecule has 0 saturated carbocycles. The Morgan fingerprint density at radius 2 is 2.00 bits per heavy atom. The van der Waals surface area contributed by atoms with E-state index in [0.29, 0.717) is 18.9 Å². The molecule has 1 rings (SSSR count). The summed E-state index contributed by atoms with van der Waals surface area (Å²) in [5.74, 6) is -1.19. The molecule has 6 heteroatoms. The van der Waals surface area contributed by atoms with Gasteiger partial charge in [-0.1, -0.05) is 17.6 Å². The second-order valence-electron chi connectivity index (χ2n) is 3.54. The minimum absolute atomic E-state index is 0.106. The van der Waals surface area contributed by atoms with Gasteiger partial charge in [0.25, 0.3) is 0 Å². The molecule has 1 aromatic carbocycles. The zero-order valence-electron chi connectivity index (χ0n) is 9.14. The third-order valence-electron chi connectivity index (χ3n) is 2.14. The summed E-state index contributed by atoms with van der Waals surface area (Å²) >= 11 is 0. The van der Waals surface area contributed by atoms with Crippen LogP contribution in [0.15, 0.2) is 30.9 Å². The molecule has 0 heterocycles. The fourth-order valence-electron chi connectivity index (χ4n) is 1.31. The van der Waals surface area contributed by atoms with Gasteiger partial charge in [0, 0.05) is 6.07 Å². The highest BCUT2D eigenvalue weighted by molar-refractivity contribution is 6.74. The molecule has 0 radical (unpaired) electrons. The topological polar surface area (TPSA) is 9.23 Å². The highest BCUT2D eigenvalue weighted by atomic mass is 19.4. The lowest BCUT2D eigenvalue weighted by molar-refractivity contribution is 0.311. The monoisotopic (exact) mass is 247 g/mol. The fraction of sp³-hybridized carbons (Fsp3) is 0.273. The van der Waals surface area contributed by atoms with Gasteiger partial charge in [0.05, 0.1) is 12.4 Å². The van der Waals surface area contributed by atoms with E-state index >= 15 is 0 Å². The molecular formula is C11H12BF4O-. The van der Waals surface area contributed by atoms with Crippen molar-refractivity contribution in [2.75, 3.05) is 6.61 Å². The summed E-state index contributed by atoms with van der Waals surface area (Å²) in [6, 6.07) is 2.25.